The Hall–Kier alpha value is -1.30. The van der Waals surface area contributed by atoms with Crippen LogP contribution in [-0.4, -0.2) is 41.7 Å². The molecule has 3 nitrogen and oxygen atoms in total. The lowest BCUT2D eigenvalue weighted by Gasteiger charge is -2.18. The lowest BCUT2D eigenvalue weighted by Crippen LogP contribution is -2.34. The van der Waals surface area contributed by atoms with Crippen LogP contribution in [0.5, 0.6) is 0 Å². The van der Waals surface area contributed by atoms with Gasteiger partial charge in [-0.3, -0.25) is 9.88 Å². The highest BCUT2D eigenvalue weighted by molar-refractivity contribution is 5.44. The van der Waals surface area contributed by atoms with Crippen LogP contribution in [0.25, 0.3) is 0 Å². The third kappa shape index (κ3) is 6.64. The zero-order valence-electron chi connectivity index (χ0n) is 13.6. The van der Waals surface area contributed by atoms with Gasteiger partial charge in [0.1, 0.15) is 0 Å². The van der Waals surface area contributed by atoms with Crippen molar-refractivity contribution in [2.45, 2.75) is 52.3 Å². The van der Waals surface area contributed by atoms with Crippen LogP contribution in [0.1, 0.15) is 40.6 Å². The molecule has 1 N–H and O–H groups in total. The minimum atomic E-state index is -4.11. The predicted octanol–water partition coefficient (Wildman–Crippen LogP) is 4.35. The van der Waals surface area contributed by atoms with Gasteiger partial charge < -0.3 is 5.32 Å². The first kappa shape index (κ1) is 18.7. The van der Waals surface area contributed by atoms with Gasteiger partial charge in [-0.1, -0.05) is 27.2 Å². The Morgan fingerprint density at radius 2 is 2.09 bits per heavy atom. The van der Waals surface area contributed by atoms with Gasteiger partial charge in [-0.15, -0.1) is 0 Å². The summed E-state index contributed by atoms with van der Waals surface area (Å²) in [6, 6.07) is 2.10. The molecule has 1 aliphatic rings. The van der Waals surface area contributed by atoms with Crippen molar-refractivity contribution in [2.75, 3.05) is 25.0 Å². The molecule has 0 aromatic carbocycles. The molecule has 22 heavy (non-hydrogen) atoms. The molecule has 0 amide bonds. The number of rotatable bonds is 5. The number of likely N-dealkylation sites (tertiary alicyclic amines) is 1. The van der Waals surface area contributed by atoms with E-state index in [4.69, 9.17) is 0 Å². The van der Waals surface area contributed by atoms with Crippen LogP contribution in [-0.2, 0) is 6.42 Å². The highest BCUT2D eigenvalue weighted by Gasteiger charge is 2.34. The van der Waals surface area contributed by atoms with Crippen molar-refractivity contribution in [1.29, 1.82) is 0 Å². The van der Waals surface area contributed by atoms with E-state index in [1.165, 1.54) is 4.90 Å². The van der Waals surface area contributed by atoms with Crippen LogP contribution < -0.4 is 5.32 Å². The van der Waals surface area contributed by atoms with Gasteiger partial charge >= 0.3 is 6.18 Å². The monoisotopic (exact) mass is 319 g/mol. The molecule has 0 spiro atoms. The number of anilines is 1. The Balaban J connectivity index is 0.00000155. The summed E-state index contributed by atoms with van der Waals surface area (Å²) >= 11 is 0. The zero-order chi connectivity index (χ0) is 16.6. The highest BCUT2D eigenvalue weighted by Crippen LogP contribution is 2.22. The first-order valence-corrected chi connectivity index (χ1v) is 7.96. The van der Waals surface area contributed by atoms with Crippen LogP contribution >= 0.6 is 0 Å². The number of nitrogens with zero attached hydrogens (tertiary/aromatic N) is 2. The van der Waals surface area contributed by atoms with Gasteiger partial charge in [0.15, 0.2) is 0 Å². The first-order chi connectivity index (χ1) is 10.5. The number of nitrogens with one attached hydrogen (secondary N) is 1. The fourth-order valence-electron chi connectivity index (χ4n) is 2.58. The Morgan fingerprint density at radius 1 is 1.36 bits per heavy atom. The maximum Gasteiger partial charge on any atom is 0.401 e. The van der Waals surface area contributed by atoms with E-state index in [2.05, 4.69) is 17.2 Å². The summed E-state index contributed by atoms with van der Waals surface area (Å²) in [5, 5.41) is 3.28. The molecule has 1 atom stereocenters. The molecule has 1 fully saturated rings. The number of aryl methyl sites for hydroxylation is 1. The van der Waals surface area contributed by atoms with Crippen molar-refractivity contribution >= 4 is 5.69 Å². The minimum absolute atomic E-state index is 0. The molecule has 0 bridgehead atoms. The third-order valence-electron chi connectivity index (χ3n) is 3.38. The maximum atomic E-state index is 12.3. The highest BCUT2D eigenvalue weighted by atomic mass is 19.4. The number of halogens is 3. The zero-order valence-corrected chi connectivity index (χ0v) is 13.6. The quantitative estimate of drug-likeness (QED) is 0.874. The van der Waals surface area contributed by atoms with Crippen molar-refractivity contribution in [3.63, 3.8) is 0 Å². The lowest BCUT2D eigenvalue weighted by atomic mass is 10.1. The van der Waals surface area contributed by atoms with E-state index < -0.39 is 12.7 Å². The van der Waals surface area contributed by atoms with Crippen molar-refractivity contribution < 1.29 is 14.6 Å². The Bertz CT molecular complexity index is 441. The molecular weight excluding hydrogens is 291 g/mol. The second-order valence-corrected chi connectivity index (χ2v) is 5.31. The SMILES string of the molecule is CC.CCCc1cncc(NC2CCN(CC(F)(F)F)C2)c1.[HH]. The maximum absolute atomic E-state index is 12.3. The molecule has 1 aliphatic heterocycles. The molecular formula is C16H28F3N3. The van der Waals surface area contributed by atoms with Crippen molar-refractivity contribution in [1.82, 2.24) is 9.88 Å². The van der Waals surface area contributed by atoms with Crippen LogP contribution in [0.4, 0.5) is 18.9 Å². The van der Waals surface area contributed by atoms with E-state index in [1.807, 2.05) is 26.1 Å². The normalized spacial score (nSPS) is 18.7. The van der Waals surface area contributed by atoms with Gasteiger partial charge in [0.05, 0.1) is 12.2 Å². The smallest absolute Gasteiger partial charge is 0.380 e. The summed E-state index contributed by atoms with van der Waals surface area (Å²) < 4.78 is 37.0. The van der Waals surface area contributed by atoms with Crippen LogP contribution in [0.3, 0.4) is 0 Å². The van der Waals surface area contributed by atoms with Crippen molar-refractivity contribution in [3.05, 3.63) is 24.0 Å². The largest absolute Gasteiger partial charge is 0.401 e. The summed E-state index contributed by atoms with van der Waals surface area (Å²) in [7, 11) is 0. The number of hydrogen-bond donors (Lipinski definition) is 1. The second kappa shape index (κ2) is 8.98. The van der Waals surface area contributed by atoms with Gasteiger partial charge in [0.2, 0.25) is 0 Å². The van der Waals surface area contributed by atoms with Gasteiger partial charge in [0.25, 0.3) is 0 Å². The Labute approximate surface area is 132 Å². The average Bonchev–Trinajstić information content (AvgIpc) is 2.87. The molecule has 6 heteroatoms. The molecule has 1 aromatic rings. The fraction of sp³-hybridized carbons (Fsp3) is 0.688. The molecule has 1 aromatic heterocycles. The Morgan fingerprint density at radius 3 is 2.73 bits per heavy atom. The predicted molar refractivity (Wildman–Crippen MR) is 86.2 cm³/mol. The van der Waals surface area contributed by atoms with Crippen molar-refractivity contribution in [3.8, 4) is 0 Å². The molecule has 0 radical (unpaired) electrons. The van der Waals surface area contributed by atoms with Gasteiger partial charge in [-0.05, 0) is 24.5 Å². The van der Waals surface area contributed by atoms with Gasteiger partial charge in [0, 0.05) is 33.0 Å². The van der Waals surface area contributed by atoms with E-state index >= 15 is 0 Å². The topological polar surface area (TPSA) is 28.2 Å². The number of pyridine rings is 1. The molecule has 0 saturated carbocycles. The standard InChI is InChI=1S/C14H20F3N3.C2H6.H2/c1-2-3-11-6-13(8-18-7-11)19-12-4-5-20(9-12)10-14(15,16)17;1-2;/h6-8,12,19H,2-5,9-10H2,1H3;1-2H3;1H. The summed E-state index contributed by atoms with van der Waals surface area (Å²) in [6.07, 6.45) is 2.19. The minimum Gasteiger partial charge on any atom is -0.380 e. The van der Waals surface area contributed by atoms with Crippen LogP contribution in [0, 0.1) is 0 Å². The van der Waals surface area contributed by atoms with Gasteiger partial charge in [-0.2, -0.15) is 13.2 Å². The van der Waals surface area contributed by atoms with E-state index in [0.717, 1.165) is 30.5 Å². The molecule has 128 valence electrons. The van der Waals surface area contributed by atoms with Crippen molar-refractivity contribution in [2.24, 2.45) is 0 Å². The molecule has 2 rings (SSSR count). The summed E-state index contributed by atoms with van der Waals surface area (Å²) in [5.74, 6) is 0. The average molecular weight is 319 g/mol. The summed E-state index contributed by atoms with van der Waals surface area (Å²) in [6.45, 7) is 6.20. The number of aromatic nitrogens is 1. The van der Waals surface area contributed by atoms with E-state index in [9.17, 15) is 13.2 Å². The third-order valence-corrected chi connectivity index (χ3v) is 3.38. The van der Waals surface area contributed by atoms with E-state index in [0.29, 0.717) is 13.1 Å². The summed E-state index contributed by atoms with van der Waals surface area (Å²) in [4.78, 5) is 5.61. The first-order valence-electron chi connectivity index (χ1n) is 7.96. The van der Waals surface area contributed by atoms with Gasteiger partial charge in [-0.25, -0.2) is 0 Å². The number of hydrogen-bond acceptors (Lipinski definition) is 3. The molecule has 0 aliphatic carbocycles. The molecule has 1 saturated heterocycles. The fourth-order valence-corrected chi connectivity index (χ4v) is 2.58. The van der Waals surface area contributed by atoms with Crippen LogP contribution in [0.15, 0.2) is 18.5 Å². The van der Waals surface area contributed by atoms with E-state index in [-0.39, 0.29) is 7.47 Å². The summed E-state index contributed by atoms with van der Waals surface area (Å²) in [5.41, 5.74) is 2.05. The van der Waals surface area contributed by atoms with E-state index in [1.54, 1.807) is 6.20 Å². The number of alkyl halides is 3. The second-order valence-electron chi connectivity index (χ2n) is 5.31. The Kier molecular flexibility index (Phi) is 7.65. The van der Waals surface area contributed by atoms with Crippen LogP contribution in [0.2, 0.25) is 0 Å². The molecule has 1 unspecified atom stereocenters. The molecule has 2 heterocycles. The lowest BCUT2D eigenvalue weighted by molar-refractivity contribution is -0.143.